The van der Waals surface area contributed by atoms with Gasteiger partial charge in [0.1, 0.15) is 0 Å². The fraction of sp³-hybridized carbons (Fsp3) is 0.217. The molecule has 2 aromatic carbocycles. The quantitative estimate of drug-likeness (QED) is 0.628. The van der Waals surface area contributed by atoms with Crippen LogP contribution in [0, 0.1) is 5.92 Å². The van der Waals surface area contributed by atoms with Gasteiger partial charge in [0.05, 0.1) is 6.54 Å². The zero-order chi connectivity index (χ0) is 20.0. The highest BCUT2D eigenvalue weighted by molar-refractivity contribution is 7.07. The van der Waals surface area contributed by atoms with Gasteiger partial charge in [0.15, 0.2) is 11.5 Å². The molecular formula is C23H20ClN3OS. The van der Waals surface area contributed by atoms with Crippen molar-refractivity contribution in [2.45, 2.75) is 24.9 Å². The minimum Gasteiger partial charge on any atom is -0.369 e. The molecule has 2 aliphatic rings. The lowest BCUT2D eigenvalue weighted by Crippen LogP contribution is -2.43. The molecule has 1 aliphatic carbocycles. The van der Waals surface area contributed by atoms with E-state index in [2.05, 4.69) is 6.07 Å². The molecule has 4 nitrogen and oxygen atoms in total. The first-order valence-electron chi connectivity index (χ1n) is 9.63. The van der Waals surface area contributed by atoms with Crippen LogP contribution in [0.2, 0.25) is 5.02 Å². The zero-order valence-electron chi connectivity index (χ0n) is 15.7. The standard InChI is InChI=1S/C23H20ClN3OS/c24-20-6-2-4-17(12-20)16-3-1-5-19(11-16)23(18-7-8-18)21(28)27(22(25)26-23)13-15-9-10-29-14-15/h1-6,9-12,14,18H,7-8,13H2,(H2,25,26). The lowest BCUT2D eigenvalue weighted by Gasteiger charge is -2.27. The molecule has 146 valence electrons. The summed E-state index contributed by atoms with van der Waals surface area (Å²) in [7, 11) is 0. The van der Waals surface area contributed by atoms with Crippen LogP contribution in [0.4, 0.5) is 0 Å². The SMILES string of the molecule is NC1=NC(c2cccc(-c3cccc(Cl)c3)c2)(C2CC2)C(=O)N1Cc1ccsc1. The summed E-state index contributed by atoms with van der Waals surface area (Å²) in [6.07, 6.45) is 1.96. The Hall–Kier alpha value is -2.63. The third-order valence-electron chi connectivity index (χ3n) is 5.69. The van der Waals surface area contributed by atoms with Gasteiger partial charge in [0.2, 0.25) is 0 Å². The summed E-state index contributed by atoms with van der Waals surface area (Å²) in [5, 5.41) is 4.73. The van der Waals surface area contributed by atoms with Crippen LogP contribution in [0.5, 0.6) is 0 Å². The minimum absolute atomic E-state index is 0.0213. The molecule has 1 fully saturated rings. The number of guanidine groups is 1. The second kappa shape index (κ2) is 7.01. The Bertz CT molecular complexity index is 1110. The minimum atomic E-state index is -0.922. The molecule has 0 bridgehead atoms. The molecule has 1 aromatic heterocycles. The first-order chi connectivity index (χ1) is 14.1. The molecule has 5 rings (SSSR count). The van der Waals surface area contributed by atoms with Crippen molar-refractivity contribution in [3.05, 3.63) is 81.5 Å². The fourth-order valence-corrected chi connectivity index (χ4v) is 4.96. The topological polar surface area (TPSA) is 58.7 Å². The van der Waals surface area contributed by atoms with Crippen molar-refractivity contribution in [2.75, 3.05) is 0 Å². The summed E-state index contributed by atoms with van der Waals surface area (Å²) in [4.78, 5) is 20.1. The highest BCUT2D eigenvalue weighted by Crippen LogP contribution is 2.52. The molecule has 0 saturated heterocycles. The second-order valence-corrected chi connectivity index (χ2v) is 8.84. The number of thiophene rings is 1. The van der Waals surface area contributed by atoms with Crippen LogP contribution in [0.1, 0.15) is 24.0 Å². The molecule has 3 aromatic rings. The van der Waals surface area contributed by atoms with E-state index >= 15 is 0 Å². The van der Waals surface area contributed by atoms with Crippen LogP contribution in [-0.4, -0.2) is 16.8 Å². The van der Waals surface area contributed by atoms with Gasteiger partial charge in [-0.05, 0) is 76.0 Å². The van der Waals surface area contributed by atoms with Crippen molar-refractivity contribution in [3.8, 4) is 11.1 Å². The maximum atomic E-state index is 13.7. The van der Waals surface area contributed by atoms with Gasteiger partial charge in [-0.15, -0.1) is 0 Å². The molecular weight excluding hydrogens is 402 g/mol. The van der Waals surface area contributed by atoms with Crippen LogP contribution in [0.25, 0.3) is 11.1 Å². The second-order valence-electron chi connectivity index (χ2n) is 7.62. The average Bonchev–Trinajstić information content (AvgIpc) is 3.39. The number of hydrogen-bond acceptors (Lipinski definition) is 4. The van der Waals surface area contributed by atoms with Crippen molar-refractivity contribution in [2.24, 2.45) is 16.6 Å². The van der Waals surface area contributed by atoms with Crippen molar-refractivity contribution in [1.82, 2.24) is 4.90 Å². The number of halogens is 1. The molecule has 0 spiro atoms. The fourth-order valence-electron chi connectivity index (χ4n) is 4.11. The maximum Gasteiger partial charge on any atom is 0.262 e. The number of hydrogen-bond donors (Lipinski definition) is 1. The van der Waals surface area contributed by atoms with Gasteiger partial charge in [-0.25, -0.2) is 4.99 Å². The van der Waals surface area contributed by atoms with Crippen molar-refractivity contribution in [3.63, 3.8) is 0 Å². The summed E-state index contributed by atoms with van der Waals surface area (Å²) >= 11 is 7.79. The van der Waals surface area contributed by atoms with Crippen LogP contribution < -0.4 is 5.73 Å². The predicted molar refractivity (Wildman–Crippen MR) is 118 cm³/mol. The van der Waals surface area contributed by atoms with Gasteiger partial charge in [0.25, 0.3) is 5.91 Å². The summed E-state index contributed by atoms with van der Waals surface area (Å²) in [6, 6.07) is 17.8. The van der Waals surface area contributed by atoms with Gasteiger partial charge < -0.3 is 5.73 Å². The van der Waals surface area contributed by atoms with E-state index in [1.807, 2.05) is 59.3 Å². The van der Waals surface area contributed by atoms with Crippen LogP contribution in [-0.2, 0) is 16.9 Å². The number of amides is 1. The number of nitrogens with two attached hydrogens (primary N) is 1. The smallest absolute Gasteiger partial charge is 0.262 e. The summed E-state index contributed by atoms with van der Waals surface area (Å²) in [5.41, 5.74) is 9.36. The zero-order valence-corrected chi connectivity index (χ0v) is 17.3. The van der Waals surface area contributed by atoms with E-state index in [0.29, 0.717) is 17.5 Å². The highest BCUT2D eigenvalue weighted by atomic mass is 35.5. The Kier molecular flexibility index (Phi) is 4.45. The molecule has 1 saturated carbocycles. The predicted octanol–water partition coefficient (Wildman–Crippen LogP) is 5.03. The number of benzene rings is 2. The van der Waals surface area contributed by atoms with E-state index in [9.17, 15) is 4.79 Å². The van der Waals surface area contributed by atoms with Crippen molar-refractivity contribution >= 4 is 34.8 Å². The summed E-state index contributed by atoms with van der Waals surface area (Å²) < 4.78 is 0. The Morgan fingerprint density at radius 3 is 2.59 bits per heavy atom. The van der Waals surface area contributed by atoms with Gasteiger partial charge in [-0.1, -0.05) is 41.9 Å². The monoisotopic (exact) mass is 421 g/mol. The highest BCUT2D eigenvalue weighted by Gasteiger charge is 2.58. The van der Waals surface area contributed by atoms with Crippen LogP contribution >= 0.6 is 22.9 Å². The number of nitrogens with zero attached hydrogens (tertiary/aromatic N) is 2. The third kappa shape index (κ3) is 3.15. The number of carbonyl (C=O) groups is 1. The van der Waals surface area contributed by atoms with Gasteiger partial charge in [-0.2, -0.15) is 11.3 Å². The molecule has 2 N–H and O–H groups in total. The van der Waals surface area contributed by atoms with Crippen LogP contribution in [0.15, 0.2) is 70.3 Å². The molecule has 1 amide bonds. The normalized spacial score (nSPS) is 21.5. The van der Waals surface area contributed by atoms with E-state index in [1.54, 1.807) is 16.2 Å². The summed E-state index contributed by atoms with van der Waals surface area (Å²) in [5.74, 6) is 0.476. The average molecular weight is 422 g/mol. The molecule has 29 heavy (non-hydrogen) atoms. The van der Waals surface area contributed by atoms with Gasteiger partial charge in [0, 0.05) is 5.02 Å². The van der Waals surface area contributed by atoms with E-state index in [-0.39, 0.29) is 11.8 Å². The lowest BCUT2D eigenvalue weighted by molar-refractivity contribution is -0.132. The van der Waals surface area contributed by atoms with Gasteiger partial charge >= 0.3 is 0 Å². The van der Waals surface area contributed by atoms with Crippen molar-refractivity contribution < 1.29 is 4.79 Å². The Balaban J connectivity index is 1.56. The largest absolute Gasteiger partial charge is 0.369 e. The molecule has 0 radical (unpaired) electrons. The molecule has 6 heteroatoms. The Labute approximate surface area is 178 Å². The molecule has 1 unspecified atom stereocenters. The molecule has 1 atom stereocenters. The first kappa shape index (κ1) is 18.4. The van der Waals surface area contributed by atoms with E-state index in [1.165, 1.54) is 0 Å². The van der Waals surface area contributed by atoms with E-state index in [0.717, 1.165) is 35.1 Å². The Morgan fingerprint density at radius 2 is 1.90 bits per heavy atom. The number of aliphatic imine (C=N–C) groups is 1. The first-order valence-corrected chi connectivity index (χ1v) is 10.9. The summed E-state index contributed by atoms with van der Waals surface area (Å²) in [6.45, 7) is 0.458. The number of carbonyl (C=O) groups excluding carboxylic acids is 1. The van der Waals surface area contributed by atoms with Crippen molar-refractivity contribution in [1.29, 1.82) is 0 Å². The van der Waals surface area contributed by atoms with E-state index in [4.69, 9.17) is 22.3 Å². The van der Waals surface area contributed by atoms with Crippen LogP contribution in [0.3, 0.4) is 0 Å². The van der Waals surface area contributed by atoms with Gasteiger partial charge in [-0.3, -0.25) is 9.69 Å². The molecule has 1 aliphatic heterocycles. The lowest BCUT2D eigenvalue weighted by atomic mass is 9.83. The van der Waals surface area contributed by atoms with E-state index < -0.39 is 5.54 Å². The maximum absolute atomic E-state index is 13.7. The molecule has 2 heterocycles. The number of rotatable bonds is 5. The third-order valence-corrected chi connectivity index (χ3v) is 6.66. The Morgan fingerprint density at radius 1 is 1.14 bits per heavy atom.